The minimum atomic E-state index is -0.740. The van der Waals surface area contributed by atoms with Crippen LogP contribution in [0.25, 0.3) is 0 Å². The zero-order valence-electron chi connectivity index (χ0n) is 11.7. The number of carboxylic acids is 1. The Hall–Kier alpha value is -1.14. The number of rotatable bonds is 3. The molecule has 20 heavy (non-hydrogen) atoms. The molecule has 2 unspecified atom stereocenters. The molecule has 0 aromatic carbocycles. The molecule has 110 valence electrons. The SMILES string of the molecule is COC1CCCN(c2nc3c(s2)CCCC3C(=O)O)C1. The minimum absolute atomic E-state index is 0.264. The highest BCUT2D eigenvalue weighted by atomic mass is 32.1. The van der Waals surface area contributed by atoms with Crippen LogP contribution in [0.15, 0.2) is 0 Å². The lowest BCUT2D eigenvalue weighted by molar-refractivity contribution is -0.139. The van der Waals surface area contributed by atoms with Crippen molar-refractivity contribution in [2.75, 3.05) is 25.1 Å². The van der Waals surface area contributed by atoms with Gasteiger partial charge in [0.25, 0.3) is 0 Å². The Bertz CT molecular complexity index is 503. The second kappa shape index (κ2) is 5.69. The number of hydrogen-bond donors (Lipinski definition) is 1. The lowest BCUT2D eigenvalue weighted by atomic mass is 9.91. The summed E-state index contributed by atoms with van der Waals surface area (Å²) < 4.78 is 5.45. The van der Waals surface area contributed by atoms with Crippen molar-refractivity contribution in [2.24, 2.45) is 0 Å². The van der Waals surface area contributed by atoms with Crippen LogP contribution >= 0.6 is 11.3 Å². The molecule has 1 saturated heterocycles. The highest BCUT2D eigenvalue weighted by molar-refractivity contribution is 7.15. The van der Waals surface area contributed by atoms with Gasteiger partial charge in [0.1, 0.15) is 5.92 Å². The third-order valence-corrected chi connectivity index (χ3v) is 5.41. The zero-order valence-corrected chi connectivity index (χ0v) is 12.5. The fraction of sp³-hybridized carbons (Fsp3) is 0.714. The van der Waals surface area contributed by atoms with Gasteiger partial charge in [0.05, 0.1) is 11.8 Å². The third-order valence-electron chi connectivity index (χ3n) is 4.22. The Morgan fingerprint density at radius 1 is 1.45 bits per heavy atom. The molecule has 0 bridgehead atoms. The number of piperidine rings is 1. The molecule has 3 rings (SSSR count). The van der Waals surface area contributed by atoms with Crippen molar-refractivity contribution < 1.29 is 14.6 Å². The quantitative estimate of drug-likeness (QED) is 0.927. The van der Waals surface area contributed by atoms with Crippen molar-refractivity contribution in [1.29, 1.82) is 0 Å². The molecule has 1 aliphatic carbocycles. The standard InChI is InChI=1S/C14H20N2O3S/c1-19-9-4-3-7-16(8-9)14-15-12-10(13(17)18)5-2-6-11(12)20-14/h9-10H,2-8H2,1H3,(H,17,18). The summed E-state index contributed by atoms with van der Waals surface area (Å²) in [6.45, 7) is 1.85. The van der Waals surface area contributed by atoms with E-state index in [2.05, 4.69) is 9.88 Å². The average Bonchev–Trinajstić information content (AvgIpc) is 2.91. The molecule has 0 radical (unpaired) electrons. The van der Waals surface area contributed by atoms with Gasteiger partial charge in [-0.2, -0.15) is 0 Å². The van der Waals surface area contributed by atoms with Crippen LogP contribution in [0.5, 0.6) is 0 Å². The van der Waals surface area contributed by atoms with Gasteiger partial charge in [-0.3, -0.25) is 4.79 Å². The maximum atomic E-state index is 11.3. The predicted octanol–water partition coefficient (Wildman–Crippen LogP) is 2.26. The number of ether oxygens (including phenoxy) is 1. The molecule has 0 spiro atoms. The Labute approximate surface area is 122 Å². The summed E-state index contributed by atoms with van der Waals surface area (Å²) in [5.74, 6) is -1.15. The Kier molecular flexibility index (Phi) is 3.94. The smallest absolute Gasteiger partial charge is 0.312 e. The zero-order chi connectivity index (χ0) is 14.1. The fourth-order valence-electron chi connectivity index (χ4n) is 3.09. The normalized spacial score (nSPS) is 26.4. The molecular weight excluding hydrogens is 276 g/mol. The summed E-state index contributed by atoms with van der Waals surface area (Å²) in [4.78, 5) is 19.4. The number of aromatic nitrogens is 1. The number of aliphatic carboxylic acids is 1. The van der Waals surface area contributed by atoms with Crippen molar-refractivity contribution in [2.45, 2.75) is 44.1 Å². The number of fused-ring (bicyclic) bond motifs is 1. The Balaban J connectivity index is 1.83. The number of carbonyl (C=O) groups is 1. The van der Waals surface area contributed by atoms with E-state index < -0.39 is 11.9 Å². The summed E-state index contributed by atoms with van der Waals surface area (Å²) in [6.07, 6.45) is 5.09. The van der Waals surface area contributed by atoms with Gasteiger partial charge in [-0.1, -0.05) is 0 Å². The monoisotopic (exact) mass is 296 g/mol. The number of thiazole rings is 1. The largest absolute Gasteiger partial charge is 0.481 e. The van der Waals surface area contributed by atoms with E-state index in [0.717, 1.165) is 54.5 Å². The molecule has 2 heterocycles. The topological polar surface area (TPSA) is 62.7 Å². The van der Waals surface area contributed by atoms with Crippen LogP contribution in [-0.2, 0) is 16.0 Å². The van der Waals surface area contributed by atoms with E-state index in [0.29, 0.717) is 6.42 Å². The van der Waals surface area contributed by atoms with Crippen molar-refractivity contribution in [3.05, 3.63) is 10.6 Å². The first-order valence-corrected chi connectivity index (χ1v) is 8.01. The molecule has 0 amide bonds. The van der Waals surface area contributed by atoms with Gasteiger partial charge < -0.3 is 14.7 Å². The van der Waals surface area contributed by atoms with Crippen LogP contribution < -0.4 is 4.90 Å². The Morgan fingerprint density at radius 3 is 3.05 bits per heavy atom. The molecule has 2 aliphatic rings. The summed E-state index contributed by atoms with van der Waals surface area (Å²) in [5.41, 5.74) is 0.809. The molecule has 1 aromatic heterocycles. The second-order valence-electron chi connectivity index (χ2n) is 5.53. The summed E-state index contributed by atoms with van der Waals surface area (Å²) >= 11 is 1.67. The number of hydrogen-bond acceptors (Lipinski definition) is 5. The van der Waals surface area contributed by atoms with E-state index in [4.69, 9.17) is 4.74 Å². The summed E-state index contributed by atoms with van der Waals surface area (Å²) in [7, 11) is 1.75. The van der Waals surface area contributed by atoms with Crippen molar-refractivity contribution in [1.82, 2.24) is 4.98 Å². The summed E-state index contributed by atoms with van der Waals surface area (Å²) in [5, 5.41) is 10.3. The lowest BCUT2D eigenvalue weighted by Crippen LogP contribution is -2.39. The van der Waals surface area contributed by atoms with Crippen molar-refractivity contribution in [3.8, 4) is 0 Å². The molecule has 1 aliphatic heterocycles. The van der Waals surface area contributed by atoms with E-state index in [9.17, 15) is 9.90 Å². The molecule has 2 atom stereocenters. The van der Waals surface area contributed by atoms with Gasteiger partial charge in [-0.25, -0.2) is 4.98 Å². The highest BCUT2D eigenvalue weighted by Crippen LogP contribution is 2.38. The van der Waals surface area contributed by atoms with Crippen LogP contribution in [0.2, 0.25) is 0 Å². The van der Waals surface area contributed by atoms with Gasteiger partial charge in [0.15, 0.2) is 5.13 Å². The molecular formula is C14H20N2O3S. The second-order valence-corrected chi connectivity index (χ2v) is 6.60. The molecule has 1 fully saturated rings. The van der Waals surface area contributed by atoms with Crippen molar-refractivity contribution >= 4 is 22.4 Å². The fourth-order valence-corrected chi connectivity index (χ4v) is 4.28. The van der Waals surface area contributed by atoms with Gasteiger partial charge in [-0.15, -0.1) is 11.3 Å². The highest BCUT2D eigenvalue weighted by Gasteiger charge is 2.31. The van der Waals surface area contributed by atoms with E-state index in [-0.39, 0.29) is 6.10 Å². The van der Waals surface area contributed by atoms with Gasteiger partial charge >= 0.3 is 5.97 Å². The maximum Gasteiger partial charge on any atom is 0.312 e. The number of methoxy groups -OCH3 is 1. The van der Waals surface area contributed by atoms with E-state index in [1.165, 1.54) is 0 Å². The summed E-state index contributed by atoms with van der Waals surface area (Å²) in [6, 6.07) is 0. The lowest BCUT2D eigenvalue weighted by Gasteiger charge is -2.31. The number of carboxylic acid groups (broad SMARTS) is 1. The number of aryl methyl sites for hydroxylation is 1. The predicted molar refractivity (Wildman–Crippen MR) is 77.7 cm³/mol. The maximum absolute atomic E-state index is 11.3. The van der Waals surface area contributed by atoms with Crippen LogP contribution in [0, 0.1) is 0 Å². The van der Waals surface area contributed by atoms with E-state index in [1.807, 2.05) is 0 Å². The Morgan fingerprint density at radius 2 is 2.30 bits per heavy atom. The third kappa shape index (κ3) is 2.54. The first-order valence-electron chi connectivity index (χ1n) is 7.19. The minimum Gasteiger partial charge on any atom is -0.481 e. The van der Waals surface area contributed by atoms with E-state index >= 15 is 0 Å². The van der Waals surface area contributed by atoms with Crippen molar-refractivity contribution in [3.63, 3.8) is 0 Å². The number of nitrogens with zero attached hydrogens (tertiary/aromatic N) is 2. The van der Waals surface area contributed by atoms with Crippen LogP contribution in [0.1, 0.15) is 42.2 Å². The molecule has 1 N–H and O–H groups in total. The molecule has 6 heteroatoms. The van der Waals surface area contributed by atoms with Crippen LogP contribution in [0.3, 0.4) is 0 Å². The average molecular weight is 296 g/mol. The first kappa shape index (κ1) is 13.8. The van der Waals surface area contributed by atoms with E-state index in [1.54, 1.807) is 18.4 Å². The van der Waals surface area contributed by atoms with Crippen LogP contribution in [0.4, 0.5) is 5.13 Å². The molecule has 0 saturated carbocycles. The van der Waals surface area contributed by atoms with Crippen LogP contribution in [-0.4, -0.2) is 42.4 Å². The molecule has 1 aromatic rings. The first-order chi connectivity index (χ1) is 9.69. The van der Waals surface area contributed by atoms with Gasteiger partial charge in [-0.05, 0) is 32.1 Å². The number of anilines is 1. The van der Waals surface area contributed by atoms with Gasteiger partial charge in [0, 0.05) is 25.1 Å². The van der Waals surface area contributed by atoms with Gasteiger partial charge in [0.2, 0.25) is 0 Å². The molecule has 5 nitrogen and oxygen atoms in total.